The van der Waals surface area contributed by atoms with Crippen LogP contribution in [0.15, 0.2) is 54.9 Å². The molecule has 1 N–H and O–H groups in total. The standard InChI is InChI=1S/C28H33N7O3/c1-33(2)11-4-12-35-19-29-23-10-7-21(17-25(23)35)24-18-26(32-28(31-24)34-13-15-38-16-14-34)30-22-8-5-20(6-9-22)27(36)37-3/h5-10,17-19H,4,11-16H2,1-3H3,(H,30,31,32). The van der Waals surface area contributed by atoms with Crippen LogP contribution in [0.1, 0.15) is 16.8 Å². The molecule has 0 atom stereocenters. The van der Waals surface area contributed by atoms with Crippen LogP contribution in [0.25, 0.3) is 22.3 Å². The van der Waals surface area contributed by atoms with E-state index >= 15 is 0 Å². The molecule has 0 bridgehead atoms. The van der Waals surface area contributed by atoms with Crippen LogP contribution < -0.4 is 10.2 Å². The second kappa shape index (κ2) is 11.6. The maximum Gasteiger partial charge on any atom is 0.337 e. The highest BCUT2D eigenvalue weighted by Crippen LogP contribution is 2.28. The summed E-state index contributed by atoms with van der Waals surface area (Å²) in [5.74, 6) is 0.952. The molecule has 2 aromatic heterocycles. The van der Waals surface area contributed by atoms with E-state index in [4.69, 9.17) is 19.4 Å². The summed E-state index contributed by atoms with van der Waals surface area (Å²) in [6.07, 6.45) is 2.95. The lowest BCUT2D eigenvalue weighted by Crippen LogP contribution is -2.37. The van der Waals surface area contributed by atoms with Crippen molar-refractivity contribution in [3.8, 4) is 11.3 Å². The van der Waals surface area contributed by atoms with Gasteiger partial charge in [-0.2, -0.15) is 4.98 Å². The molecule has 38 heavy (non-hydrogen) atoms. The topological polar surface area (TPSA) is 97.6 Å². The van der Waals surface area contributed by atoms with E-state index in [0.717, 1.165) is 60.6 Å². The Morgan fingerprint density at radius 1 is 1.08 bits per heavy atom. The minimum atomic E-state index is -0.369. The lowest BCUT2D eigenvalue weighted by molar-refractivity contribution is 0.0600. The molecule has 1 aliphatic rings. The normalized spacial score (nSPS) is 13.7. The summed E-state index contributed by atoms with van der Waals surface area (Å²) in [7, 11) is 5.55. The number of rotatable bonds is 9. The predicted molar refractivity (Wildman–Crippen MR) is 148 cm³/mol. The second-order valence-electron chi connectivity index (χ2n) is 9.53. The number of hydrogen-bond donors (Lipinski definition) is 1. The van der Waals surface area contributed by atoms with E-state index in [2.05, 4.69) is 50.9 Å². The van der Waals surface area contributed by atoms with E-state index in [1.165, 1.54) is 7.11 Å². The fourth-order valence-corrected chi connectivity index (χ4v) is 4.46. The Kier molecular flexibility index (Phi) is 7.81. The number of aromatic nitrogens is 4. The molecule has 2 aromatic carbocycles. The van der Waals surface area contributed by atoms with Crippen molar-refractivity contribution < 1.29 is 14.3 Å². The number of fused-ring (bicyclic) bond motifs is 1. The average Bonchev–Trinajstić information content (AvgIpc) is 3.35. The highest BCUT2D eigenvalue weighted by molar-refractivity contribution is 5.89. The third-order valence-electron chi connectivity index (χ3n) is 6.51. The summed E-state index contributed by atoms with van der Waals surface area (Å²) in [6.45, 7) is 4.66. The van der Waals surface area contributed by atoms with E-state index in [-0.39, 0.29) is 5.97 Å². The fraction of sp³-hybridized carbons (Fsp3) is 0.357. The molecule has 0 radical (unpaired) electrons. The molecule has 0 unspecified atom stereocenters. The third-order valence-corrected chi connectivity index (χ3v) is 6.51. The van der Waals surface area contributed by atoms with Crippen molar-refractivity contribution in [2.45, 2.75) is 13.0 Å². The Labute approximate surface area is 222 Å². The van der Waals surface area contributed by atoms with Gasteiger partial charge < -0.3 is 29.2 Å². The highest BCUT2D eigenvalue weighted by Gasteiger charge is 2.17. The Bertz CT molecular complexity index is 1400. The van der Waals surface area contributed by atoms with Gasteiger partial charge in [-0.1, -0.05) is 6.07 Å². The van der Waals surface area contributed by atoms with Crippen LogP contribution in [0.4, 0.5) is 17.5 Å². The number of morpholine rings is 1. The first-order valence-electron chi connectivity index (χ1n) is 12.8. The minimum absolute atomic E-state index is 0.369. The van der Waals surface area contributed by atoms with Crippen molar-refractivity contribution in [2.75, 3.05) is 64.3 Å². The van der Waals surface area contributed by atoms with Crippen LogP contribution in [0, 0.1) is 0 Å². The largest absolute Gasteiger partial charge is 0.465 e. The van der Waals surface area contributed by atoms with Crippen LogP contribution >= 0.6 is 0 Å². The van der Waals surface area contributed by atoms with E-state index in [1.54, 1.807) is 12.1 Å². The summed E-state index contributed by atoms with van der Waals surface area (Å²) in [6, 6.07) is 15.3. The van der Waals surface area contributed by atoms with Gasteiger partial charge in [0.05, 0.1) is 48.9 Å². The van der Waals surface area contributed by atoms with Gasteiger partial charge in [-0.25, -0.2) is 14.8 Å². The van der Waals surface area contributed by atoms with E-state index in [1.807, 2.05) is 30.6 Å². The number of ether oxygens (including phenoxy) is 2. The van der Waals surface area contributed by atoms with Gasteiger partial charge in [-0.3, -0.25) is 0 Å². The number of esters is 1. The summed E-state index contributed by atoms with van der Waals surface area (Å²) in [5.41, 5.74) is 5.16. The van der Waals surface area contributed by atoms with Crippen molar-refractivity contribution in [2.24, 2.45) is 0 Å². The molecule has 10 heteroatoms. The zero-order valence-corrected chi connectivity index (χ0v) is 22.1. The summed E-state index contributed by atoms with van der Waals surface area (Å²) in [5, 5.41) is 3.38. The number of carbonyl (C=O) groups excluding carboxylic acids is 1. The Balaban J connectivity index is 1.47. The third kappa shape index (κ3) is 5.92. The summed E-state index contributed by atoms with van der Waals surface area (Å²) < 4.78 is 12.5. The number of aryl methyl sites for hydroxylation is 1. The van der Waals surface area contributed by atoms with Crippen LogP contribution in [0.5, 0.6) is 0 Å². The number of imidazole rings is 1. The molecule has 10 nitrogen and oxygen atoms in total. The first-order valence-corrected chi connectivity index (χ1v) is 12.8. The summed E-state index contributed by atoms with van der Waals surface area (Å²) in [4.78, 5) is 30.5. The molecule has 0 amide bonds. The number of carbonyl (C=O) groups is 1. The van der Waals surface area contributed by atoms with Crippen LogP contribution in [0.2, 0.25) is 0 Å². The highest BCUT2D eigenvalue weighted by atomic mass is 16.5. The molecule has 0 spiro atoms. The first-order chi connectivity index (χ1) is 18.5. The van der Waals surface area contributed by atoms with E-state index in [0.29, 0.717) is 30.5 Å². The second-order valence-corrected chi connectivity index (χ2v) is 9.53. The van der Waals surface area contributed by atoms with Gasteiger partial charge in [-0.15, -0.1) is 0 Å². The molecule has 5 rings (SSSR count). The summed E-state index contributed by atoms with van der Waals surface area (Å²) >= 11 is 0. The van der Waals surface area contributed by atoms with Gasteiger partial charge in [-0.05, 0) is 63.5 Å². The number of nitrogens with zero attached hydrogens (tertiary/aromatic N) is 6. The predicted octanol–water partition coefficient (Wildman–Crippen LogP) is 3.81. The van der Waals surface area contributed by atoms with Crippen molar-refractivity contribution in [3.05, 3.63) is 60.4 Å². The van der Waals surface area contributed by atoms with Crippen LogP contribution in [-0.4, -0.2) is 84.4 Å². The number of methoxy groups -OCH3 is 1. The maximum atomic E-state index is 11.8. The number of benzene rings is 2. The smallest absolute Gasteiger partial charge is 0.337 e. The molecule has 1 saturated heterocycles. The lowest BCUT2D eigenvalue weighted by Gasteiger charge is -2.27. The molecular formula is C28H33N7O3. The van der Waals surface area contributed by atoms with Crippen LogP contribution in [0.3, 0.4) is 0 Å². The monoisotopic (exact) mass is 515 g/mol. The molecule has 1 fully saturated rings. The Hall–Kier alpha value is -4.02. The van der Waals surface area contributed by atoms with Crippen molar-refractivity contribution in [3.63, 3.8) is 0 Å². The van der Waals surface area contributed by atoms with E-state index < -0.39 is 0 Å². The van der Waals surface area contributed by atoms with Gasteiger partial charge in [0.15, 0.2) is 0 Å². The Morgan fingerprint density at radius 3 is 2.61 bits per heavy atom. The van der Waals surface area contributed by atoms with Gasteiger partial charge in [0.2, 0.25) is 5.95 Å². The average molecular weight is 516 g/mol. The lowest BCUT2D eigenvalue weighted by atomic mass is 10.1. The molecule has 3 heterocycles. The zero-order chi connectivity index (χ0) is 26.5. The molecular weight excluding hydrogens is 482 g/mol. The van der Waals surface area contributed by atoms with Crippen molar-refractivity contribution in [1.29, 1.82) is 0 Å². The van der Waals surface area contributed by atoms with Gasteiger partial charge in [0.25, 0.3) is 0 Å². The number of nitrogens with one attached hydrogen (secondary N) is 1. The Morgan fingerprint density at radius 2 is 1.87 bits per heavy atom. The van der Waals surface area contributed by atoms with Crippen molar-refractivity contribution in [1.82, 2.24) is 24.4 Å². The first kappa shape index (κ1) is 25.6. The number of anilines is 3. The minimum Gasteiger partial charge on any atom is -0.465 e. The SMILES string of the molecule is COC(=O)c1ccc(Nc2cc(-c3ccc4ncn(CCCN(C)C)c4c3)nc(N3CCOCC3)n2)cc1. The van der Waals surface area contributed by atoms with Gasteiger partial charge in [0.1, 0.15) is 5.82 Å². The fourth-order valence-electron chi connectivity index (χ4n) is 4.46. The molecule has 1 aliphatic heterocycles. The van der Waals surface area contributed by atoms with Crippen LogP contribution in [-0.2, 0) is 16.0 Å². The maximum absolute atomic E-state index is 11.8. The molecule has 198 valence electrons. The molecule has 0 aliphatic carbocycles. The zero-order valence-electron chi connectivity index (χ0n) is 22.1. The molecule has 4 aromatic rings. The van der Waals surface area contributed by atoms with Crippen molar-refractivity contribution >= 4 is 34.5 Å². The van der Waals surface area contributed by atoms with E-state index in [9.17, 15) is 4.79 Å². The van der Waals surface area contributed by atoms with Gasteiger partial charge >= 0.3 is 5.97 Å². The van der Waals surface area contributed by atoms with Gasteiger partial charge in [0, 0.05) is 37.0 Å². The quantitative estimate of drug-likeness (QED) is 0.334. The molecule has 0 saturated carbocycles. The number of hydrogen-bond acceptors (Lipinski definition) is 9.